The molecule has 0 heterocycles. The third kappa shape index (κ3) is 2.17. The average molecular weight is 213 g/mol. The zero-order valence-electron chi connectivity index (χ0n) is 10.3. The van der Waals surface area contributed by atoms with Crippen LogP contribution >= 0.6 is 0 Å². The Balaban J connectivity index is 2.96. The summed E-state index contributed by atoms with van der Waals surface area (Å²) in [5, 5.41) is 9.49. The van der Waals surface area contributed by atoms with Crippen molar-refractivity contribution in [1.82, 2.24) is 4.90 Å². The predicted molar refractivity (Wildman–Crippen MR) is 60.9 cm³/mol. The van der Waals surface area contributed by atoms with Crippen LogP contribution in [0.5, 0.6) is 0 Å². The number of carbonyl (C=O) groups is 1. The Morgan fingerprint density at radius 3 is 2.07 bits per heavy atom. The van der Waals surface area contributed by atoms with E-state index in [1.807, 2.05) is 13.8 Å². The Bertz CT molecular complexity index is 246. The van der Waals surface area contributed by atoms with Crippen LogP contribution in [0, 0.1) is 5.41 Å². The molecule has 15 heavy (non-hydrogen) atoms. The molecular weight excluding hydrogens is 190 g/mol. The fraction of sp³-hybridized carbons (Fsp3) is 0.917. The minimum Gasteiger partial charge on any atom is -0.480 e. The molecule has 0 radical (unpaired) electrons. The predicted octanol–water partition coefficient (Wildman–Crippen LogP) is 2.36. The van der Waals surface area contributed by atoms with Crippen molar-refractivity contribution in [3.63, 3.8) is 0 Å². The molecule has 1 saturated carbocycles. The van der Waals surface area contributed by atoms with Gasteiger partial charge in [0.05, 0.1) is 0 Å². The van der Waals surface area contributed by atoms with Gasteiger partial charge in [-0.05, 0) is 37.8 Å². The standard InChI is InChI=1S/C12H23NO2/c1-5-13(6-2)12(10(14)15)8-7-11(3,4)9-12/h5-9H2,1-4H3,(H,14,15). The van der Waals surface area contributed by atoms with Gasteiger partial charge in [0.15, 0.2) is 0 Å². The van der Waals surface area contributed by atoms with Gasteiger partial charge in [0.1, 0.15) is 5.54 Å². The van der Waals surface area contributed by atoms with Gasteiger partial charge in [0.2, 0.25) is 0 Å². The summed E-state index contributed by atoms with van der Waals surface area (Å²) in [6, 6.07) is 0. The van der Waals surface area contributed by atoms with Crippen molar-refractivity contribution in [2.45, 2.75) is 52.5 Å². The first-order chi connectivity index (χ1) is 6.88. The molecule has 1 N–H and O–H groups in total. The quantitative estimate of drug-likeness (QED) is 0.779. The summed E-state index contributed by atoms with van der Waals surface area (Å²) in [6.07, 6.45) is 2.57. The van der Waals surface area contributed by atoms with Crippen LogP contribution in [0.1, 0.15) is 47.0 Å². The summed E-state index contributed by atoms with van der Waals surface area (Å²) in [4.78, 5) is 13.6. The van der Waals surface area contributed by atoms with Gasteiger partial charge in [-0.2, -0.15) is 0 Å². The third-order valence-corrected chi connectivity index (χ3v) is 3.75. The molecule has 3 heteroatoms. The number of nitrogens with zero attached hydrogens (tertiary/aromatic N) is 1. The van der Waals surface area contributed by atoms with Gasteiger partial charge in [-0.25, -0.2) is 0 Å². The maximum Gasteiger partial charge on any atom is 0.324 e. The van der Waals surface area contributed by atoms with Gasteiger partial charge in [-0.3, -0.25) is 9.69 Å². The number of carboxylic acid groups (broad SMARTS) is 1. The van der Waals surface area contributed by atoms with E-state index in [4.69, 9.17) is 0 Å². The van der Waals surface area contributed by atoms with Gasteiger partial charge in [0, 0.05) is 0 Å². The largest absolute Gasteiger partial charge is 0.480 e. The van der Waals surface area contributed by atoms with Crippen molar-refractivity contribution in [3.8, 4) is 0 Å². The molecule has 0 aromatic heterocycles. The van der Waals surface area contributed by atoms with E-state index in [1.54, 1.807) is 0 Å². The van der Waals surface area contributed by atoms with E-state index in [9.17, 15) is 9.90 Å². The maximum absolute atomic E-state index is 11.5. The lowest BCUT2D eigenvalue weighted by molar-refractivity contribution is -0.151. The first-order valence-corrected chi connectivity index (χ1v) is 5.86. The monoisotopic (exact) mass is 213 g/mol. The van der Waals surface area contributed by atoms with Crippen molar-refractivity contribution in [2.24, 2.45) is 5.41 Å². The Kier molecular flexibility index (Phi) is 3.44. The van der Waals surface area contributed by atoms with E-state index in [1.165, 1.54) is 0 Å². The van der Waals surface area contributed by atoms with Crippen molar-refractivity contribution < 1.29 is 9.90 Å². The molecule has 1 fully saturated rings. The lowest BCUT2D eigenvalue weighted by Crippen LogP contribution is -2.53. The Hall–Kier alpha value is -0.570. The van der Waals surface area contributed by atoms with Gasteiger partial charge in [0.25, 0.3) is 0 Å². The fourth-order valence-corrected chi connectivity index (χ4v) is 2.93. The summed E-state index contributed by atoms with van der Waals surface area (Å²) in [5.74, 6) is -0.642. The van der Waals surface area contributed by atoms with E-state index in [0.717, 1.165) is 32.4 Å². The highest BCUT2D eigenvalue weighted by Crippen LogP contribution is 2.46. The first kappa shape index (κ1) is 12.5. The summed E-state index contributed by atoms with van der Waals surface area (Å²) in [5.41, 5.74) is -0.437. The van der Waals surface area contributed by atoms with E-state index < -0.39 is 11.5 Å². The number of likely N-dealkylation sites (N-methyl/N-ethyl adjacent to an activating group) is 1. The molecule has 1 unspecified atom stereocenters. The summed E-state index contributed by atoms with van der Waals surface area (Å²) >= 11 is 0. The van der Waals surface area contributed by atoms with Crippen LogP contribution in [-0.4, -0.2) is 34.6 Å². The Morgan fingerprint density at radius 1 is 1.27 bits per heavy atom. The number of hydrogen-bond acceptors (Lipinski definition) is 2. The topological polar surface area (TPSA) is 40.5 Å². The highest BCUT2D eigenvalue weighted by atomic mass is 16.4. The van der Waals surface area contributed by atoms with E-state index in [-0.39, 0.29) is 5.41 Å². The highest BCUT2D eigenvalue weighted by molar-refractivity contribution is 5.79. The van der Waals surface area contributed by atoms with Crippen LogP contribution in [0.2, 0.25) is 0 Å². The van der Waals surface area contributed by atoms with Crippen molar-refractivity contribution in [1.29, 1.82) is 0 Å². The molecule has 1 rings (SSSR count). The molecule has 0 aromatic rings. The lowest BCUT2D eigenvalue weighted by atomic mass is 9.86. The summed E-state index contributed by atoms with van der Waals surface area (Å²) in [7, 11) is 0. The summed E-state index contributed by atoms with van der Waals surface area (Å²) < 4.78 is 0. The average Bonchev–Trinajstić information content (AvgIpc) is 2.46. The van der Waals surface area contributed by atoms with E-state index >= 15 is 0 Å². The van der Waals surface area contributed by atoms with Crippen LogP contribution in [-0.2, 0) is 4.79 Å². The minimum absolute atomic E-state index is 0.168. The zero-order chi connectivity index (χ0) is 11.7. The highest BCUT2D eigenvalue weighted by Gasteiger charge is 2.51. The second-order valence-electron chi connectivity index (χ2n) is 5.35. The molecule has 1 aliphatic carbocycles. The number of hydrogen-bond donors (Lipinski definition) is 1. The minimum atomic E-state index is -0.642. The molecule has 3 nitrogen and oxygen atoms in total. The van der Waals surface area contributed by atoms with Crippen LogP contribution in [0.15, 0.2) is 0 Å². The lowest BCUT2D eigenvalue weighted by Gasteiger charge is -2.37. The normalized spacial score (nSPS) is 29.7. The smallest absolute Gasteiger partial charge is 0.324 e. The molecule has 1 atom stereocenters. The number of aliphatic carboxylic acids is 1. The molecule has 88 valence electrons. The summed E-state index contributed by atoms with van der Waals surface area (Å²) in [6.45, 7) is 10.1. The molecule has 1 aliphatic rings. The van der Waals surface area contributed by atoms with Crippen molar-refractivity contribution in [3.05, 3.63) is 0 Å². The van der Waals surface area contributed by atoms with Gasteiger partial charge < -0.3 is 5.11 Å². The maximum atomic E-state index is 11.5. The van der Waals surface area contributed by atoms with Crippen LogP contribution in [0.4, 0.5) is 0 Å². The van der Waals surface area contributed by atoms with Gasteiger partial charge >= 0.3 is 5.97 Å². The Morgan fingerprint density at radius 2 is 1.80 bits per heavy atom. The molecule has 0 spiro atoms. The number of carboxylic acids is 1. The fourth-order valence-electron chi connectivity index (χ4n) is 2.93. The van der Waals surface area contributed by atoms with Gasteiger partial charge in [-0.15, -0.1) is 0 Å². The van der Waals surface area contributed by atoms with Crippen molar-refractivity contribution in [2.75, 3.05) is 13.1 Å². The van der Waals surface area contributed by atoms with Crippen LogP contribution in [0.3, 0.4) is 0 Å². The molecule has 0 aromatic carbocycles. The second kappa shape index (κ2) is 4.12. The van der Waals surface area contributed by atoms with Crippen LogP contribution < -0.4 is 0 Å². The first-order valence-electron chi connectivity index (χ1n) is 5.86. The third-order valence-electron chi connectivity index (χ3n) is 3.75. The SMILES string of the molecule is CCN(CC)C1(C(=O)O)CCC(C)(C)C1. The molecule has 0 bridgehead atoms. The molecule has 0 amide bonds. The zero-order valence-corrected chi connectivity index (χ0v) is 10.3. The molecule has 0 aliphatic heterocycles. The second-order valence-corrected chi connectivity index (χ2v) is 5.35. The van der Waals surface area contributed by atoms with E-state index in [0.29, 0.717) is 0 Å². The van der Waals surface area contributed by atoms with Crippen molar-refractivity contribution >= 4 is 5.97 Å². The molecule has 0 saturated heterocycles. The number of rotatable bonds is 4. The Labute approximate surface area is 92.5 Å². The van der Waals surface area contributed by atoms with Gasteiger partial charge in [-0.1, -0.05) is 27.7 Å². The van der Waals surface area contributed by atoms with E-state index in [2.05, 4.69) is 18.7 Å². The molecular formula is C12H23NO2. The van der Waals surface area contributed by atoms with Crippen LogP contribution in [0.25, 0.3) is 0 Å².